The minimum Gasteiger partial charge on any atom is -0.491 e. The number of hydrogen-bond acceptors (Lipinski definition) is 4. The fraction of sp³-hybridized carbons (Fsp3) is 0.333. The van der Waals surface area contributed by atoms with Gasteiger partial charge in [-0.15, -0.1) is 13.2 Å². The van der Waals surface area contributed by atoms with Crippen LogP contribution in [0.1, 0.15) is 10.4 Å². The Hall–Kier alpha value is -1.96. The van der Waals surface area contributed by atoms with Gasteiger partial charge < -0.3 is 14.4 Å². The van der Waals surface area contributed by atoms with Gasteiger partial charge in [0, 0.05) is 19.7 Å². The second kappa shape index (κ2) is 6.21. The zero-order chi connectivity index (χ0) is 16.4. The summed E-state index contributed by atoms with van der Waals surface area (Å²) in [6.07, 6.45) is -5.00. The summed E-state index contributed by atoms with van der Waals surface area (Å²) in [5.74, 6) is -3.11. The van der Waals surface area contributed by atoms with Crippen molar-refractivity contribution in [2.45, 2.75) is 6.36 Å². The van der Waals surface area contributed by atoms with Gasteiger partial charge in [-0.05, 0) is 12.1 Å². The molecule has 0 aliphatic rings. The summed E-state index contributed by atoms with van der Waals surface area (Å²) in [6.45, 7) is 0. The summed E-state index contributed by atoms with van der Waals surface area (Å²) in [7, 11) is 3.76. The maximum absolute atomic E-state index is 12.3. The minimum absolute atomic E-state index is 0.283. The third kappa shape index (κ3) is 4.25. The van der Waals surface area contributed by atoms with Crippen molar-refractivity contribution in [3.05, 3.63) is 22.7 Å². The molecule has 0 saturated carbocycles. The number of methoxy groups -OCH3 is 1. The Morgan fingerprint density at radius 3 is 2.24 bits per heavy atom. The topological polar surface area (TPSA) is 55.8 Å². The molecule has 0 spiro atoms. The first-order valence-corrected chi connectivity index (χ1v) is 5.84. The van der Waals surface area contributed by atoms with E-state index in [4.69, 9.17) is 16.3 Å². The van der Waals surface area contributed by atoms with Crippen LogP contribution in [0.5, 0.6) is 11.5 Å². The Kier molecular flexibility index (Phi) is 5.06. The number of Topliss-reactive ketones (excluding diaryl/α,β-unsaturated/α-hetero) is 1. The number of benzene rings is 1. The number of ketones is 1. The summed E-state index contributed by atoms with van der Waals surface area (Å²) in [5, 5.41) is -0.283. The number of carbonyl (C=O) groups excluding carboxylic acids is 2. The Morgan fingerprint density at radius 1 is 1.24 bits per heavy atom. The van der Waals surface area contributed by atoms with E-state index in [-0.39, 0.29) is 16.3 Å². The lowest BCUT2D eigenvalue weighted by atomic mass is 10.1. The van der Waals surface area contributed by atoms with Crippen LogP contribution in [0.2, 0.25) is 5.02 Å². The van der Waals surface area contributed by atoms with E-state index >= 15 is 0 Å². The number of alkyl halides is 3. The molecule has 0 N–H and O–H groups in total. The van der Waals surface area contributed by atoms with Crippen molar-refractivity contribution in [2.75, 3.05) is 21.2 Å². The zero-order valence-corrected chi connectivity index (χ0v) is 12.0. The van der Waals surface area contributed by atoms with E-state index in [1.807, 2.05) is 0 Å². The minimum atomic E-state index is -5.00. The highest BCUT2D eigenvalue weighted by Gasteiger charge is 2.34. The van der Waals surface area contributed by atoms with E-state index in [2.05, 4.69) is 4.74 Å². The van der Waals surface area contributed by atoms with Gasteiger partial charge in [0.25, 0.3) is 11.7 Å². The summed E-state index contributed by atoms with van der Waals surface area (Å²) >= 11 is 5.74. The monoisotopic (exact) mass is 325 g/mol. The largest absolute Gasteiger partial charge is 0.573 e. The summed E-state index contributed by atoms with van der Waals surface area (Å²) < 4.78 is 45.4. The number of ether oxygens (including phenoxy) is 2. The van der Waals surface area contributed by atoms with Crippen LogP contribution in [0.4, 0.5) is 13.2 Å². The van der Waals surface area contributed by atoms with Crippen LogP contribution in [0.3, 0.4) is 0 Å². The van der Waals surface area contributed by atoms with Crippen LogP contribution < -0.4 is 9.47 Å². The average molecular weight is 326 g/mol. The smallest absolute Gasteiger partial charge is 0.491 e. The molecular weight excluding hydrogens is 315 g/mol. The van der Waals surface area contributed by atoms with Crippen molar-refractivity contribution in [1.82, 2.24) is 4.90 Å². The quantitative estimate of drug-likeness (QED) is 0.630. The van der Waals surface area contributed by atoms with Crippen LogP contribution in [-0.2, 0) is 4.79 Å². The molecule has 116 valence electrons. The SMILES string of the molecule is COc1c(Cl)cc(C(=O)C(=O)N(C)C)cc1OC(F)(F)F. The lowest BCUT2D eigenvalue weighted by Crippen LogP contribution is -2.30. The molecule has 0 aromatic heterocycles. The molecule has 5 nitrogen and oxygen atoms in total. The van der Waals surface area contributed by atoms with Crippen molar-refractivity contribution < 1.29 is 32.2 Å². The predicted molar refractivity (Wildman–Crippen MR) is 67.7 cm³/mol. The first kappa shape index (κ1) is 17.1. The molecule has 0 heterocycles. The highest BCUT2D eigenvalue weighted by molar-refractivity contribution is 6.43. The predicted octanol–water partition coefficient (Wildman–Crippen LogP) is 2.52. The molecule has 0 atom stereocenters. The number of nitrogens with zero attached hydrogens (tertiary/aromatic N) is 1. The Balaban J connectivity index is 3.32. The first-order chi connectivity index (χ1) is 9.56. The van der Waals surface area contributed by atoms with Crippen molar-refractivity contribution >= 4 is 23.3 Å². The second-order valence-electron chi connectivity index (χ2n) is 4.07. The molecule has 0 unspecified atom stereocenters. The highest BCUT2D eigenvalue weighted by atomic mass is 35.5. The third-order valence-corrected chi connectivity index (χ3v) is 2.58. The summed E-state index contributed by atoms with van der Waals surface area (Å²) in [4.78, 5) is 24.4. The van der Waals surface area contributed by atoms with Crippen LogP contribution >= 0.6 is 11.6 Å². The van der Waals surface area contributed by atoms with Crippen LogP contribution in [-0.4, -0.2) is 44.2 Å². The Morgan fingerprint density at radius 2 is 1.81 bits per heavy atom. The number of halogens is 4. The molecule has 1 aromatic carbocycles. The molecule has 0 aliphatic heterocycles. The van der Waals surface area contributed by atoms with Crippen LogP contribution in [0.15, 0.2) is 12.1 Å². The van der Waals surface area contributed by atoms with E-state index < -0.39 is 23.8 Å². The molecule has 1 rings (SSSR count). The number of carbonyl (C=O) groups is 2. The van der Waals surface area contributed by atoms with Gasteiger partial charge in [0.15, 0.2) is 11.5 Å². The van der Waals surface area contributed by atoms with Crippen LogP contribution in [0.25, 0.3) is 0 Å². The molecule has 1 amide bonds. The van der Waals surface area contributed by atoms with Crippen LogP contribution in [0, 0.1) is 0 Å². The molecule has 0 fully saturated rings. The third-order valence-electron chi connectivity index (χ3n) is 2.30. The van der Waals surface area contributed by atoms with E-state index in [1.54, 1.807) is 0 Å². The van der Waals surface area contributed by atoms with Crippen molar-refractivity contribution in [3.63, 3.8) is 0 Å². The molecule has 1 aromatic rings. The van der Waals surface area contributed by atoms with E-state index in [1.165, 1.54) is 14.1 Å². The Labute approximate surface area is 123 Å². The molecular formula is C12H11ClF3NO4. The van der Waals surface area contributed by atoms with Gasteiger partial charge in [0.1, 0.15) is 0 Å². The molecule has 21 heavy (non-hydrogen) atoms. The highest BCUT2D eigenvalue weighted by Crippen LogP contribution is 2.39. The number of likely N-dealkylation sites (N-methyl/N-ethyl adjacent to an activating group) is 1. The lowest BCUT2D eigenvalue weighted by Gasteiger charge is -2.15. The van der Waals surface area contributed by atoms with Gasteiger partial charge in [-0.3, -0.25) is 9.59 Å². The average Bonchev–Trinajstić information content (AvgIpc) is 2.34. The normalized spacial score (nSPS) is 11.0. The summed E-state index contributed by atoms with van der Waals surface area (Å²) in [6, 6.07) is 1.79. The molecule has 0 bridgehead atoms. The van der Waals surface area contributed by atoms with Gasteiger partial charge in [0.05, 0.1) is 12.1 Å². The Bertz CT molecular complexity index is 572. The second-order valence-corrected chi connectivity index (χ2v) is 4.47. The van der Waals surface area contributed by atoms with Gasteiger partial charge in [-0.2, -0.15) is 0 Å². The molecule has 9 heteroatoms. The van der Waals surface area contributed by atoms with E-state index in [0.717, 1.165) is 24.1 Å². The van der Waals surface area contributed by atoms with Gasteiger partial charge >= 0.3 is 6.36 Å². The standard InChI is InChI=1S/C12H11ClF3NO4/c1-17(2)11(19)9(18)6-4-7(13)10(20-3)8(5-6)21-12(14,15)16/h4-5H,1-3H3. The van der Waals surface area contributed by atoms with Gasteiger partial charge in [0.2, 0.25) is 0 Å². The fourth-order valence-corrected chi connectivity index (χ4v) is 1.71. The maximum atomic E-state index is 12.3. The zero-order valence-electron chi connectivity index (χ0n) is 11.2. The maximum Gasteiger partial charge on any atom is 0.573 e. The van der Waals surface area contributed by atoms with E-state index in [9.17, 15) is 22.8 Å². The first-order valence-electron chi connectivity index (χ1n) is 5.46. The van der Waals surface area contributed by atoms with Crippen molar-refractivity contribution in [1.29, 1.82) is 0 Å². The van der Waals surface area contributed by atoms with Gasteiger partial charge in [-0.1, -0.05) is 11.6 Å². The fourth-order valence-electron chi connectivity index (χ4n) is 1.42. The number of amides is 1. The molecule has 0 aliphatic carbocycles. The summed E-state index contributed by atoms with van der Waals surface area (Å²) in [5.41, 5.74) is -0.334. The number of hydrogen-bond donors (Lipinski definition) is 0. The van der Waals surface area contributed by atoms with E-state index in [0.29, 0.717) is 0 Å². The van der Waals surface area contributed by atoms with Crippen molar-refractivity contribution in [2.24, 2.45) is 0 Å². The lowest BCUT2D eigenvalue weighted by molar-refractivity contribution is -0.275. The van der Waals surface area contributed by atoms with Crippen molar-refractivity contribution in [3.8, 4) is 11.5 Å². The molecule has 0 saturated heterocycles. The van der Waals surface area contributed by atoms with Gasteiger partial charge in [-0.25, -0.2) is 0 Å². The number of rotatable bonds is 4. The molecule has 0 radical (unpaired) electrons.